The second-order valence-electron chi connectivity index (χ2n) is 6.82. The standard InChI is InChI=1S/C22H21BrN2O3S/c23-17-6-9-20(10-7-17)29(27)16-19-8-11-21(28-19)22(26)25-14-12-24(13-15-25)18-4-2-1-3-5-18/h1-11H,12-16H2/t29-/m1/s1. The largest absolute Gasteiger partial charge is 0.455 e. The molecule has 0 aliphatic carbocycles. The van der Waals surface area contributed by atoms with Crippen LogP contribution in [0, 0.1) is 0 Å². The van der Waals surface area contributed by atoms with E-state index in [1.165, 1.54) is 5.69 Å². The van der Waals surface area contributed by atoms with Gasteiger partial charge in [-0.05, 0) is 48.5 Å². The number of furan rings is 1. The summed E-state index contributed by atoms with van der Waals surface area (Å²) < 4.78 is 19.2. The highest BCUT2D eigenvalue weighted by molar-refractivity contribution is 9.10. The molecule has 4 rings (SSSR count). The quantitative estimate of drug-likeness (QED) is 0.554. The third kappa shape index (κ3) is 4.79. The molecular formula is C22H21BrN2O3S. The lowest BCUT2D eigenvalue weighted by atomic mass is 10.2. The predicted octanol–water partition coefficient (Wildman–Crippen LogP) is 4.31. The molecule has 0 unspecified atom stereocenters. The van der Waals surface area contributed by atoms with Crippen molar-refractivity contribution in [3.63, 3.8) is 0 Å². The summed E-state index contributed by atoms with van der Waals surface area (Å²) in [4.78, 5) is 17.6. The molecule has 1 fully saturated rings. The number of hydrogen-bond donors (Lipinski definition) is 0. The summed E-state index contributed by atoms with van der Waals surface area (Å²) in [5.41, 5.74) is 1.18. The maximum absolute atomic E-state index is 12.8. The van der Waals surface area contributed by atoms with Crippen molar-refractivity contribution in [3.8, 4) is 0 Å². The monoisotopic (exact) mass is 472 g/mol. The van der Waals surface area contributed by atoms with Crippen LogP contribution in [0.1, 0.15) is 16.3 Å². The van der Waals surface area contributed by atoms with E-state index in [9.17, 15) is 9.00 Å². The first-order chi connectivity index (χ1) is 14.1. The fraction of sp³-hybridized carbons (Fsp3) is 0.227. The van der Waals surface area contributed by atoms with Crippen molar-refractivity contribution in [3.05, 3.63) is 82.7 Å². The predicted molar refractivity (Wildman–Crippen MR) is 118 cm³/mol. The molecule has 0 spiro atoms. The van der Waals surface area contributed by atoms with Gasteiger partial charge in [0.1, 0.15) is 5.76 Å². The van der Waals surface area contributed by atoms with Gasteiger partial charge in [0.25, 0.3) is 5.91 Å². The zero-order valence-corrected chi connectivity index (χ0v) is 18.2. The van der Waals surface area contributed by atoms with Crippen LogP contribution >= 0.6 is 15.9 Å². The van der Waals surface area contributed by atoms with Gasteiger partial charge in [0, 0.05) is 41.2 Å². The highest BCUT2D eigenvalue weighted by Crippen LogP contribution is 2.20. The molecule has 1 aromatic heterocycles. The van der Waals surface area contributed by atoms with Crippen LogP contribution in [0.3, 0.4) is 0 Å². The molecule has 1 aliphatic rings. The molecule has 0 bridgehead atoms. The average molecular weight is 473 g/mol. The first kappa shape index (κ1) is 19.9. The van der Waals surface area contributed by atoms with Gasteiger partial charge >= 0.3 is 0 Å². The number of carbonyl (C=O) groups excluding carboxylic acids is 1. The molecular weight excluding hydrogens is 452 g/mol. The third-order valence-corrected chi connectivity index (χ3v) is 6.78. The Morgan fingerprint density at radius 3 is 2.31 bits per heavy atom. The van der Waals surface area contributed by atoms with Crippen molar-refractivity contribution < 1.29 is 13.4 Å². The van der Waals surface area contributed by atoms with E-state index in [1.54, 1.807) is 12.1 Å². The number of amides is 1. The lowest BCUT2D eigenvalue weighted by Gasteiger charge is -2.35. The van der Waals surface area contributed by atoms with E-state index in [0.29, 0.717) is 24.6 Å². The SMILES string of the molecule is O=C(c1ccc(C[S@@](=O)c2ccc(Br)cc2)o1)N1CCN(c2ccccc2)CC1. The maximum atomic E-state index is 12.8. The molecule has 0 radical (unpaired) electrons. The zero-order valence-electron chi connectivity index (χ0n) is 15.8. The number of piperazine rings is 1. The Hall–Kier alpha value is -2.38. The van der Waals surface area contributed by atoms with E-state index in [0.717, 1.165) is 22.5 Å². The Kier molecular flexibility index (Phi) is 6.16. The van der Waals surface area contributed by atoms with Crippen LogP contribution in [0.2, 0.25) is 0 Å². The number of benzene rings is 2. The molecule has 0 N–H and O–H groups in total. The van der Waals surface area contributed by atoms with Gasteiger partial charge < -0.3 is 14.2 Å². The second kappa shape index (κ2) is 8.97. The fourth-order valence-electron chi connectivity index (χ4n) is 3.33. The van der Waals surface area contributed by atoms with Gasteiger partial charge in [-0.2, -0.15) is 0 Å². The van der Waals surface area contributed by atoms with Crippen molar-refractivity contribution in [2.45, 2.75) is 10.6 Å². The molecule has 1 atom stereocenters. The smallest absolute Gasteiger partial charge is 0.289 e. The highest BCUT2D eigenvalue weighted by Gasteiger charge is 2.24. The van der Waals surface area contributed by atoms with E-state index in [2.05, 4.69) is 33.0 Å². The van der Waals surface area contributed by atoms with E-state index in [-0.39, 0.29) is 11.7 Å². The Bertz CT molecular complexity index is 996. The van der Waals surface area contributed by atoms with Crippen LogP contribution in [-0.4, -0.2) is 41.2 Å². The van der Waals surface area contributed by atoms with E-state index >= 15 is 0 Å². The summed E-state index contributed by atoms with van der Waals surface area (Å²) in [5.74, 6) is 0.994. The summed E-state index contributed by atoms with van der Waals surface area (Å²) in [6.07, 6.45) is 0. The first-order valence-corrected chi connectivity index (χ1v) is 11.5. The molecule has 3 aromatic rings. The maximum Gasteiger partial charge on any atom is 0.289 e. The molecule has 29 heavy (non-hydrogen) atoms. The molecule has 5 nitrogen and oxygen atoms in total. The van der Waals surface area contributed by atoms with E-state index in [4.69, 9.17) is 4.42 Å². The molecule has 2 heterocycles. The summed E-state index contributed by atoms with van der Waals surface area (Å²) in [7, 11) is -1.22. The van der Waals surface area contributed by atoms with Crippen LogP contribution in [0.4, 0.5) is 5.69 Å². The van der Waals surface area contributed by atoms with Gasteiger partial charge in [-0.25, -0.2) is 0 Å². The van der Waals surface area contributed by atoms with Crippen LogP contribution in [0.25, 0.3) is 0 Å². The first-order valence-electron chi connectivity index (χ1n) is 9.42. The topological polar surface area (TPSA) is 53.8 Å². The number of nitrogens with zero attached hydrogens (tertiary/aromatic N) is 2. The van der Waals surface area contributed by atoms with E-state index < -0.39 is 10.8 Å². The Morgan fingerprint density at radius 1 is 0.931 bits per heavy atom. The van der Waals surface area contributed by atoms with Crippen LogP contribution in [0.15, 0.2) is 80.5 Å². The fourth-order valence-corrected chi connectivity index (χ4v) is 4.62. The van der Waals surface area contributed by atoms with E-state index in [1.807, 2.05) is 47.4 Å². The summed E-state index contributed by atoms with van der Waals surface area (Å²) in [6.45, 7) is 2.87. The lowest BCUT2D eigenvalue weighted by molar-refractivity contribution is 0.0713. The van der Waals surface area contributed by atoms with Gasteiger partial charge in [-0.1, -0.05) is 34.1 Å². The number of rotatable bonds is 5. The number of para-hydroxylation sites is 1. The normalized spacial score (nSPS) is 15.3. The zero-order chi connectivity index (χ0) is 20.2. The summed E-state index contributed by atoms with van der Waals surface area (Å²) in [5, 5.41) is 0. The third-order valence-electron chi connectivity index (χ3n) is 4.91. The molecule has 1 amide bonds. The van der Waals surface area contributed by atoms with Crippen LogP contribution < -0.4 is 4.90 Å². The van der Waals surface area contributed by atoms with Crippen molar-refractivity contribution in [1.29, 1.82) is 0 Å². The van der Waals surface area contributed by atoms with Gasteiger partial charge in [-0.3, -0.25) is 9.00 Å². The molecule has 0 saturated carbocycles. The van der Waals surface area contributed by atoms with Crippen molar-refractivity contribution in [2.24, 2.45) is 0 Å². The average Bonchev–Trinajstić information content (AvgIpc) is 3.23. The number of hydrogen-bond acceptors (Lipinski definition) is 4. The van der Waals surface area contributed by atoms with Gasteiger partial charge in [0.2, 0.25) is 0 Å². The Labute approximate surface area is 180 Å². The van der Waals surface area contributed by atoms with Crippen LogP contribution in [0.5, 0.6) is 0 Å². The minimum atomic E-state index is -1.22. The highest BCUT2D eigenvalue weighted by atomic mass is 79.9. The molecule has 2 aromatic carbocycles. The number of anilines is 1. The molecule has 150 valence electrons. The van der Waals surface area contributed by atoms with Crippen LogP contribution in [-0.2, 0) is 16.6 Å². The minimum absolute atomic E-state index is 0.113. The minimum Gasteiger partial charge on any atom is -0.455 e. The Balaban J connectivity index is 1.35. The molecule has 1 saturated heterocycles. The molecule has 7 heteroatoms. The van der Waals surface area contributed by atoms with Crippen molar-refractivity contribution in [2.75, 3.05) is 31.1 Å². The van der Waals surface area contributed by atoms with Gasteiger partial charge in [0.15, 0.2) is 5.76 Å². The number of carbonyl (C=O) groups is 1. The molecule has 1 aliphatic heterocycles. The Morgan fingerprint density at radius 2 is 1.62 bits per heavy atom. The summed E-state index contributed by atoms with van der Waals surface area (Å²) in [6, 6.07) is 21.0. The van der Waals surface area contributed by atoms with Gasteiger partial charge in [0.05, 0.1) is 16.6 Å². The van der Waals surface area contributed by atoms with Crippen molar-refractivity contribution in [1.82, 2.24) is 4.90 Å². The lowest BCUT2D eigenvalue weighted by Crippen LogP contribution is -2.48. The summed E-state index contributed by atoms with van der Waals surface area (Å²) >= 11 is 3.37. The van der Waals surface area contributed by atoms with Crippen molar-refractivity contribution >= 4 is 38.3 Å². The number of halogens is 1. The second-order valence-corrected chi connectivity index (χ2v) is 9.19. The van der Waals surface area contributed by atoms with Gasteiger partial charge in [-0.15, -0.1) is 0 Å².